The summed E-state index contributed by atoms with van der Waals surface area (Å²) >= 11 is 3.61. The molecule has 1 amide bonds. The van der Waals surface area contributed by atoms with E-state index in [1.807, 2.05) is 25.1 Å². The van der Waals surface area contributed by atoms with Gasteiger partial charge in [-0.2, -0.15) is 4.37 Å². The first-order valence-electron chi connectivity index (χ1n) is 6.04. The lowest BCUT2D eigenvalue weighted by atomic mass is 9.97. The molecule has 2 aromatic rings. The van der Waals surface area contributed by atoms with Crippen LogP contribution in [-0.2, 0) is 4.79 Å². The summed E-state index contributed by atoms with van der Waals surface area (Å²) in [5.74, 6) is 0.253. The number of carbonyl (C=O) groups is 1. The first-order chi connectivity index (χ1) is 9.08. The monoisotopic (exact) mass is 386 g/mol. The SMILES string of the molecule is Cc1nsc(I)c1NC(=O)C[C@H](C)c1ccccc1. The molecule has 1 aromatic heterocycles. The molecule has 0 aliphatic heterocycles. The van der Waals surface area contributed by atoms with Gasteiger partial charge in [-0.1, -0.05) is 37.3 Å². The Kier molecular flexibility index (Phi) is 4.93. The average molecular weight is 386 g/mol. The number of hydrogen-bond acceptors (Lipinski definition) is 3. The third-order valence-corrected chi connectivity index (χ3v) is 4.81. The highest BCUT2D eigenvalue weighted by molar-refractivity contribution is 14.1. The van der Waals surface area contributed by atoms with Crippen LogP contribution in [-0.4, -0.2) is 10.3 Å². The predicted molar refractivity (Wildman–Crippen MR) is 87.7 cm³/mol. The van der Waals surface area contributed by atoms with Gasteiger partial charge in [-0.3, -0.25) is 4.79 Å². The van der Waals surface area contributed by atoms with E-state index in [1.165, 1.54) is 17.1 Å². The number of amides is 1. The Morgan fingerprint density at radius 3 is 2.68 bits per heavy atom. The number of halogens is 1. The quantitative estimate of drug-likeness (QED) is 0.801. The fourth-order valence-electron chi connectivity index (χ4n) is 1.85. The molecular formula is C14H15IN2OS. The van der Waals surface area contributed by atoms with Crippen LogP contribution in [0.1, 0.15) is 30.5 Å². The zero-order valence-electron chi connectivity index (χ0n) is 10.8. The number of aromatic nitrogens is 1. The Morgan fingerprint density at radius 2 is 2.11 bits per heavy atom. The zero-order chi connectivity index (χ0) is 13.8. The fraction of sp³-hybridized carbons (Fsp3) is 0.286. The lowest BCUT2D eigenvalue weighted by Crippen LogP contribution is -2.15. The maximum atomic E-state index is 12.1. The first-order valence-corrected chi connectivity index (χ1v) is 7.89. The van der Waals surface area contributed by atoms with Gasteiger partial charge >= 0.3 is 0 Å². The second-order valence-corrected chi connectivity index (χ2v) is 7.06. The molecule has 0 radical (unpaired) electrons. The molecule has 1 atom stereocenters. The summed E-state index contributed by atoms with van der Waals surface area (Å²) in [6.07, 6.45) is 0.482. The molecule has 0 aliphatic rings. The normalized spacial score (nSPS) is 12.2. The molecule has 5 heteroatoms. The van der Waals surface area contributed by atoms with Crippen molar-refractivity contribution in [2.75, 3.05) is 5.32 Å². The molecule has 0 spiro atoms. The second-order valence-electron chi connectivity index (χ2n) is 4.48. The molecule has 1 heterocycles. The number of benzene rings is 1. The van der Waals surface area contributed by atoms with Crippen molar-refractivity contribution in [3.05, 3.63) is 44.5 Å². The van der Waals surface area contributed by atoms with Gasteiger partial charge < -0.3 is 5.32 Å². The van der Waals surface area contributed by atoms with Gasteiger partial charge in [-0.05, 0) is 52.5 Å². The summed E-state index contributed by atoms with van der Waals surface area (Å²) in [4.78, 5) is 12.1. The van der Waals surface area contributed by atoms with Gasteiger partial charge in [-0.15, -0.1) is 0 Å². The van der Waals surface area contributed by atoms with Crippen LogP contribution in [0.2, 0.25) is 0 Å². The number of nitrogens with zero attached hydrogens (tertiary/aromatic N) is 1. The van der Waals surface area contributed by atoms with Crippen LogP contribution in [0.25, 0.3) is 0 Å². The van der Waals surface area contributed by atoms with E-state index < -0.39 is 0 Å². The Balaban J connectivity index is 1.99. The van der Waals surface area contributed by atoms with E-state index in [-0.39, 0.29) is 11.8 Å². The molecule has 0 saturated heterocycles. The highest BCUT2D eigenvalue weighted by Gasteiger charge is 2.15. The summed E-state index contributed by atoms with van der Waals surface area (Å²) in [5, 5.41) is 2.96. The fourth-order valence-corrected chi connectivity index (χ4v) is 3.27. The molecule has 3 nitrogen and oxygen atoms in total. The molecule has 1 aromatic carbocycles. The second kappa shape index (κ2) is 6.47. The average Bonchev–Trinajstić information content (AvgIpc) is 2.71. The topological polar surface area (TPSA) is 42.0 Å². The molecular weight excluding hydrogens is 371 g/mol. The van der Waals surface area contributed by atoms with Crippen molar-refractivity contribution in [3.8, 4) is 0 Å². The highest BCUT2D eigenvalue weighted by atomic mass is 127. The molecule has 19 heavy (non-hydrogen) atoms. The van der Waals surface area contributed by atoms with E-state index in [1.54, 1.807) is 0 Å². The van der Waals surface area contributed by atoms with Crippen LogP contribution in [0.4, 0.5) is 5.69 Å². The number of aryl methyl sites for hydroxylation is 1. The molecule has 0 unspecified atom stereocenters. The first kappa shape index (κ1) is 14.5. The predicted octanol–water partition coefficient (Wildman–Crippen LogP) is 4.19. The summed E-state index contributed by atoms with van der Waals surface area (Å²) in [6.45, 7) is 3.98. The van der Waals surface area contributed by atoms with Crippen LogP contribution in [0.3, 0.4) is 0 Å². The number of carbonyl (C=O) groups excluding carboxylic acids is 1. The molecule has 100 valence electrons. The third kappa shape index (κ3) is 3.76. The number of rotatable bonds is 4. The Morgan fingerprint density at radius 1 is 1.42 bits per heavy atom. The van der Waals surface area contributed by atoms with Crippen molar-refractivity contribution in [2.45, 2.75) is 26.2 Å². The summed E-state index contributed by atoms with van der Waals surface area (Å²) in [7, 11) is 0. The van der Waals surface area contributed by atoms with Crippen LogP contribution in [0, 0.1) is 9.81 Å². The minimum atomic E-state index is 0.0394. The van der Waals surface area contributed by atoms with Crippen molar-refractivity contribution < 1.29 is 4.79 Å². The van der Waals surface area contributed by atoms with Crippen molar-refractivity contribution in [1.29, 1.82) is 0 Å². The maximum Gasteiger partial charge on any atom is 0.225 e. The van der Waals surface area contributed by atoms with Crippen LogP contribution in [0.15, 0.2) is 30.3 Å². The zero-order valence-corrected chi connectivity index (χ0v) is 13.8. The molecule has 0 saturated carbocycles. The van der Waals surface area contributed by atoms with Crippen LogP contribution in [0.5, 0.6) is 0 Å². The van der Waals surface area contributed by atoms with Crippen molar-refractivity contribution in [1.82, 2.24) is 4.37 Å². The van der Waals surface area contributed by atoms with Gasteiger partial charge in [0.05, 0.1) is 11.4 Å². The smallest absolute Gasteiger partial charge is 0.225 e. The Bertz CT molecular complexity index is 549. The van der Waals surface area contributed by atoms with Gasteiger partial charge in [0.25, 0.3) is 0 Å². The highest BCUT2D eigenvalue weighted by Crippen LogP contribution is 2.27. The molecule has 1 N–H and O–H groups in total. The number of anilines is 1. The number of nitrogens with one attached hydrogen (secondary N) is 1. The van der Waals surface area contributed by atoms with Gasteiger partial charge in [-0.25, -0.2) is 0 Å². The van der Waals surface area contributed by atoms with Crippen molar-refractivity contribution in [2.24, 2.45) is 0 Å². The third-order valence-electron chi connectivity index (χ3n) is 2.95. The molecule has 2 rings (SSSR count). The Hall–Kier alpha value is -0.950. The Labute approximate surface area is 130 Å². The van der Waals surface area contributed by atoms with E-state index in [0.717, 1.165) is 14.3 Å². The maximum absolute atomic E-state index is 12.1. The largest absolute Gasteiger partial charge is 0.323 e. The van der Waals surface area contributed by atoms with E-state index in [0.29, 0.717) is 6.42 Å². The van der Waals surface area contributed by atoms with E-state index in [4.69, 9.17) is 0 Å². The van der Waals surface area contributed by atoms with E-state index in [9.17, 15) is 4.79 Å². The molecule has 0 fully saturated rings. The summed E-state index contributed by atoms with van der Waals surface area (Å²) in [5.41, 5.74) is 2.93. The summed E-state index contributed by atoms with van der Waals surface area (Å²) < 4.78 is 5.25. The minimum absolute atomic E-state index is 0.0394. The van der Waals surface area contributed by atoms with Gasteiger partial charge in [0.1, 0.15) is 2.88 Å². The van der Waals surface area contributed by atoms with Crippen LogP contribution < -0.4 is 5.32 Å². The van der Waals surface area contributed by atoms with E-state index >= 15 is 0 Å². The van der Waals surface area contributed by atoms with Gasteiger partial charge in [0, 0.05) is 6.42 Å². The van der Waals surface area contributed by atoms with Crippen LogP contribution >= 0.6 is 34.1 Å². The summed E-state index contributed by atoms with van der Waals surface area (Å²) in [6, 6.07) is 10.1. The van der Waals surface area contributed by atoms with Gasteiger partial charge in [0.2, 0.25) is 5.91 Å². The van der Waals surface area contributed by atoms with Crippen molar-refractivity contribution >= 4 is 45.7 Å². The molecule has 0 aliphatic carbocycles. The van der Waals surface area contributed by atoms with Crippen molar-refractivity contribution in [3.63, 3.8) is 0 Å². The lowest BCUT2D eigenvalue weighted by Gasteiger charge is -2.11. The standard InChI is InChI=1S/C14H15IN2OS/c1-9(11-6-4-3-5-7-11)8-12(18)16-13-10(2)17-19-14(13)15/h3-7,9H,8H2,1-2H3,(H,16,18)/t9-/m0/s1. The lowest BCUT2D eigenvalue weighted by molar-refractivity contribution is -0.116. The molecule has 0 bridgehead atoms. The van der Waals surface area contributed by atoms with Gasteiger partial charge in [0.15, 0.2) is 0 Å². The number of hydrogen-bond donors (Lipinski definition) is 1. The minimum Gasteiger partial charge on any atom is -0.323 e. The van der Waals surface area contributed by atoms with E-state index in [2.05, 4.69) is 51.3 Å².